The maximum atomic E-state index is 14.4. The molecule has 17 heteroatoms. The van der Waals surface area contributed by atoms with Gasteiger partial charge in [0, 0.05) is 13.0 Å². The zero-order valence-electron chi connectivity index (χ0n) is 35.8. The lowest BCUT2D eigenvalue weighted by Crippen LogP contribution is -2.60. The Morgan fingerprint density at radius 2 is 1.20 bits per heavy atom. The number of carboxylic acid groups (broad SMARTS) is 1. The van der Waals surface area contributed by atoms with Crippen molar-refractivity contribution in [2.75, 3.05) is 18.6 Å². The van der Waals surface area contributed by atoms with E-state index in [2.05, 4.69) is 31.6 Å². The first kappa shape index (κ1) is 50.0. The number of nitrogens with one attached hydrogen (secondary N) is 5. The standard InChI is InChI=1S/C43H71N9O7S/c1-27(2)36(52-40(56)35(26-30-18-11-6-12-19-30)49-37(53)31(44)21-23-60-3)41(57)51-34(25-29-16-9-5-10-17-29)39(55)50-33(24-28-14-7-4-8-15-28)38(54)48-32(42(58)59)20-13-22-47-43(45)46/h6,11-12,18-19,27-29,31-36H,4-5,7-10,13-17,20-26,44H2,1-3H3,(H,48,54)(H,49,53)(H,50,55)(H,51,57)(H,52,56)(H,58,59)(H4,45,46,47)/t31-,32-,33-,34-,35-,36-/m0/s1. The van der Waals surface area contributed by atoms with E-state index in [9.17, 15) is 33.9 Å². The number of aliphatic carboxylic acids is 1. The number of amides is 5. The fourth-order valence-corrected chi connectivity index (χ4v) is 8.53. The Bertz CT molecular complexity index is 1550. The molecular weight excluding hydrogens is 787 g/mol. The highest BCUT2D eigenvalue weighted by Gasteiger charge is 2.36. The van der Waals surface area contributed by atoms with E-state index in [1.165, 1.54) is 0 Å². The molecule has 0 radical (unpaired) electrons. The van der Waals surface area contributed by atoms with Gasteiger partial charge in [-0.25, -0.2) is 4.79 Å². The lowest BCUT2D eigenvalue weighted by Gasteiger charge is -2.32. The van der Waals surface area contributed by atoms with Crippen LogP contribution in [-0.2, 0) is 35.2 Å². The average Bonchev–Trinajstić information content (AvgIpc) is 3.22. The average molecular weight is 858 g/mol. The number of nitrogens with two attached hydrogens (primary N) is 3. The minimum atomic E-state index is -1.23. The molecule has 12 N–H and O–H groups in total. The summed E-state index contributed by atoms with van der Waals surface area (Å²) >= 11 is 1.56. The van der Waals surface area contributed by atoms with Gasteiger partial charge in [-0.15, -0.1) is 0 Å². The fourth-order valence-electron chi connectivity index (χ4n) is 8.05. The quantitative estimate of drug-likeness (QED) is 0.0392. The Balaban J connectivity index is 1.85. The molecule has 0 aromatic heterocycles. The molecule has 336 valence electrons. The van der Waals surface area contributed by atoms with Crippen LogP contribution in [0, 0.1) is 17.8 Å². The molecule has 16 nitrogen and oxygen atoms in total. The summed E-state index contributed by atoms with van der Waals surface area (Å²) in [6.45, 7) is 3.76. The number of guanidine groups is 1. The zero-order chi connectivity index (χ0) is 44.0. The smallest absolute Gasteiger partial charge is 0.326 e. The first-order valence-corrected chi connectivity index (χ1v) is 23.2. The highest BCUT2D eigenvalue weighted by Crippen LogP contribution is 2.29. The van der Waals surface area contributed by atoms with E-state index in [0.29, 0.717) is 31.4 Å². The largest absolute Gasteiger partial charge is 0.480 e. The van der Waals surface area contributed by atoms with Crippen LogP contribution in [0.15, 0.2) is 35.3 Å². The lowest BCUT2D eigenvalue weighted by molar-refractivity contribution is -0.142. The van der Waals surface area contributed by atoms with Crippen LogP contribution in [0.1, 0.15) is 116 Å². The Morgan fingerprint density at radius 3 is 1.70 bits per heavy atom. The van der Waals surface area contributed by atoms with Gasteiger partial charge in [-0.2, -0.15) is 11.8 Å². The van der Waals surface area contributed by atoms with Gasteiger partial charge < -0.3 is 48.9 Å². The van der Waals surface area contributed by atoms with Gasteiger partial charge in [0.25, 0.3) is 0 Å². The van der Waals surface area contributed by atoms with E-state index in [0.717, 1.165) is 69.8 Å². The SMILES string of the molecule is CSCC[C@H](N)C(=O)N[C@@H](Cc1ccccc1)C(=O)N[C@H](C(=O)N[C@@H](CC1CCCCC1)C(=O)N[C@@H](CC1CCCCC1)C(=O)N[C@@H](CCCN=C(N)N)C(=O)O)C(C)C. The van der Waals surface area contributed by atoms with E-state index >= 15 is 0 Å². The second-order valence-electron chi connectivity index (χ2n) is 16.8. The van der Waals surface area contributed by atoms with Crippen molar-refractivity contribution in [3.05, 3.63) is 35.9 Å². The fraction of sp³-hybridized carbons (Fsp3) is 0.698. The molecule has 1 aromatic rings. The van der Waals surface area contributed by atoms with Gasteiger partial charge in [0.2, 0.25) is 29.5 Å². The minimum Gasteiger partial charge on any atom is -0.480 e. The lowest BCUT2D eigenvalue weighted by atomic mass is 9.83. The summed E-state index contributed by atoms with van der Waals surface area (Å²) in [5.74, 6) is -3.54. The second-order valence-corrected chi connectivity index (χ2v) is 17.8. The van der Waals surface area contributed by atoms with Crippen LogP contribution in [0.5, 0.6) is 0 Å². The number of carboxylic acids is 1. The molecule has 0 unspecified atom stereocenters. The van der Waals surface area contributed by atoms with Crippen molar-refractivity contribution in [3.63, 3.8) is 0 Å². The van der Waals surface area contributed by atoms with Crippen molar-refractivity contribution in [1.29, 1.82) is 0 Å². The highest BCUT2D eigenvalue weighted by molar-refractivity contribution is 7.98. The molecule has 2 saturated carbocycles. The van der Waals surface area contributed by atoms with Gasteiger partial charge in [-0.05, 0) is 67.4 Å². The van der Waals surface area contributed by atoms with Crippen LogP contribution in [0.4, 0.5) is 0 Å². The van der Waals surface area contributed by atoms with Crippen LogP contribution in [0.2, 0.25) is 0 Å². The monoisotopic (exact) mass is 858 g/mol. The van der Waals surface area contributed by atoms with Gasteiger partial charge in [-0.3, -0.25) is 29.0 Å². The molecule has 0 aliphatic heterocycles. The van der Waals surface area contributed by atoms with Gasteiger partial charge in [0.05, 0.1) is 6.04 Å². The number of hydrogen-bond acceptors (Lipinski definition) is 9. The van der Waals surface area contributed by atoms with Crippen molar-refractivity contribution >= 4 is 53.2 Å². The predicted octanol–water partition coefficient (Wildman–Crippen LogP) is 2.47. The van der Waals surface area contributed by atoms with Gasteiger partial charge in [0.1, 0.15) is 30.2 Å². The summed E-state index contributed by atoms with van der Waals surface area (Å²) in [6.07, 6.45) is 13.3. The van der Waals surface area contributed by atoms with E-state index in [4.69, 9.17) is 17.2 Å². The van der Waals surface area contributed by atoms with Crippen LogP contribution in [0.3, 0.4) is 0 Å². The van der Waals surface area contributed by atoms with E-state index in [1.54, 1.807) is 25.6 Å². The summed E-state index contributed by atoms with van der Waals surface area (Å²) in [7, 11) is 0. The number of rotatable bonds is 25. The molecule has 0 heterocycles. The number of hydrogen-bond donors (Lipinski definition) is 9. The van der Waals surface area contributed by atoms with Gasteiger partial charge in [0.15, 0.2) is 5.96 Å². The first-order valence-electron chi connectivity index (χ1n) is 21.8. The molecule has 60 heavy (non-hydrogen) atoms. The van der Waals surface area contributed by atoms with E-state index < -0.39 is 77.7 Å². The Kier molecular flexibility index (Phi) is 22.3. The van der Waals surface area contributed by atoms with Crippen molar-refractivity contribution in [3.8, 4) is 0 Å². The van der Waals surface area contributed by atoms with Crippen molar-refractivity contribution < 1.29 is 33.9 Å². The maximum absolute atomic E-state index is 14.4. The molecule has 1 aromatic carbocycles. The van der Waals surface area contributed by atoms with Crippen LogP contribution >= 0.6 is 11.8 Å². The summed E-state index contributed by atoms with van der Waals surface area (Å²) < 4.78 is 0. The van der Waals surface area contributed by atoms with Crippen LogP contribution in [-0.4, -0.2) is 101 Å². The number of aliphatic imine (C=N–C) groups is 1. The van der Waals surface area contributed by atoms with Crippen LogP contribution in [0.25, 0.3) is 0 Å². The molecule has 2 aliphatic rings. The van der Waals surface area contributed by atoms with Crippen molar-refractivity contribution in [2.24, 2.45) is 39.9 Å². The number of carbonyl (C=O) groups is 6. The van der Waals surface area contributed by atoms with Crippen molar-refractivity contribution in [2.45, 2.75) is 153 Å². The van der Waals surface area contributed by atoms with Gasteiger partial charge in [-0.1, -0.05) is 108 Å². The molecule has 5 amide bonds. The summed E-state index contributed by atoms with van der Waals surface area (Å²) in [5, 5.41) is 24.1. The third kappa shape index (κ3) is 18.1. The summed E-state index contributed by atoms with van der Waals surface area (Å²) in [5.41, 5.74) is 17.8. The number of thioether (sulfide) groups is 1. The Labute approximate surface area is 359 Å². The number of benzene rings is 1. The highest BCUT2D eigenvalue weighted by atomic mass is 32.2. The second kappa shape index (κ2) is 26.7. The molecule has 2 aliphatic carbocycles. The number of nitrogens with zero attached hydrogens (tertiary/aromatic N) is 1. The summed E-state index contributed by atoms with van der Waals surface area (Å²) in [6, 6.07) is 2.99. The molecule has 6 atom stereocenters. The Morgan fingerprint density at radius 1 is 0.700 bits per heavy atom. The normalized spacial score (nSPS) is 17.8. The van der Waals surface area contributed by atoms with Gasteiger partial charge >= 0.3 is 5.97 Å². The predicted molar refractivity (Wildman–Crippen MR) is 236 cm³/mol. The molecule has 0 bridgehead atoms. The third-order valence-electron chi connectivity index (χ3n) is 11.5. The first-order chi connectivity index (χ1) is 28.7. The van der Waals surface area contributed by atoms with Crippen LogP contribution < -0.4 is 43.8 Å². The topological polar surface area (TPSA) is 273 Å². The van der Waals surface area contributed by atoms with E-state index in [-0.39, 0.29) is 37.2 Å². The van der Waals surface area contributed by atoms with Crippen molar-refractivity contribution in [1.82, 2.24) is 26.6 Å². The molecular formula is C43H71N9O7S. The minimum absolute atomic E-state index is 0.0747. The summed E-state index contributed by atoms with van der Waals surface area (Å²) in [4.78, 5) is 85.8. The Hall–Kier alpha value is -4.38. The van der Waals surface area contributed by atoms with E-state index in [1.807, 2.05) is 36.6 Å². The third-order valence-corrected chi connectivity index (χ3v) is 12.2. The zero-order valence-corrected chi connectivity index (χ0v) is 36.6. The maximum Gasteiger partial charge on any atom is 0.326 e. The number of carbonyl (C=O) groups excluding carboxylic acids is 5. The molecule has 2 fully saturated rings. The molecule has 0 spiro atoms. The molecule has 3 rings (SSSR count). The molecule has 0 saturated heterocycles.